The Morgan fingerprint density at radius 2 is 0.637 bits per heavy atom. The molecule has 0 aliphatic heterocycles. The first-order valence-electron chi connectivity index (χ1n) is 32.0. The van der Waals surface area contributed by atoms with Gasteiger partial charge in [0.2, 0.25) is 0 Å². The number of carbonyl (C=O) groups excluding carboxylic acids is 4. The first kappa shape index (κ1) is 78.1. The quantitative estimate of drug-likeness (QED) is 0.0222. The molecule has 0 aliphatic rings. The highest BCUT2D eigenvalue weighted by Gasteiger charge is 2.30. The maximum Gasteiger partial charge on any atom is 0.472 e. The minimum Gasteiger partial charge on any atom is -0.462 e. The summed E-state index contributed by atoms with van der Waals surface area (Å²) in [4.78, 5) is 72.0. The minimum atomic E-state index is -4.94. The van der Waals surface area contributed by atoms with Crippen molar-refractivity contribution < 1.29 is 80.2 Å². The Morgan fingerprint density at radius 1 is 0.362 bits per heavy atom. The first-order valence-corrected chi connectivity index (χ1v) is 35.0. The molecule has 17 nitrogen and oxygen atoms in total. The number of esters is 4. The summed E-state index contributed by atoms with van der Waals surface area (Å²) < 4.78 is 67.8. The molecule has 0 bridgehead atoms. The van der Waals surface area contributed by atoms with Gasteiger partial charge < -0.3 is 33.8 Å². The van der Waals surface area contributed by atoms with Crippen LogP contribution < -0.4 is 0 Å². The molecule has 0 amide bonds. The van der Waals surface area contributed by atoms with Crippen LogP contribution in [0.4, 0.5) is 0 Å². The molecule has 0 fully saturated rings. The van der Waals surface area contributed by atoms with E-state index >= 15 is 0 Å². The number of phosphoric acid groups is 2. The second kappa shape index (κ2) is 53.8. The monoisotopic (exact) mass is 1180 g/mol. The lowest BCUT2D eigenvalue weighted by Gasteiger charge is -2.21. The number of aliphatic hydroxyl groups excluding tert-OH is 1. The van der Waals surface area contributed by atoms with E-state index in [1.807, 2.05) is 0 Å². The van der Waals surface area contributed by atoms with Crippen LogP contribution in [0.5, 0.6) is 0 Å². The molecule has 3 unspecified atom stereocenters. The van der Waals surface area contributed by atoms with Crippen LogP contribution in [-0.4, -0.2) is 96.7 Å². The summed E-state index contributed by atoms with van der Waals surface area (Å²) in [6, 6.07) is 0. The van der Waals surface area contributed by atoms with Crippen molar-refractivity contribution in [2.75, 3.05) is 39.6 Å². The second-order valence-electron chi connectivity index (χ2n) is 22.8. The Balaban J connectivity index is 5.24. The molecule has 474 valence electrons. The van der Waals surface area contributed by atoms with Gasteiger partial charge in [0.25, 0.3) is 0 Å². The average Bonchev–Trinajstić information content (AvgIpc) is 3.42. The van der Waals surface area contributed by atoms with Crippen LogP contribution in [0.2, 0.25) is 0 Å². The SMILES string of the molecule is CCCCCCCCCCCCC(=O)OC[C@H](COP(=O)(O)OC[C@@H](O)COP(=O)(O)OC[C@@H](COC(=O)CCCCCCCCCCC)OC(=O)CCCCCCCCC(C)C)OC(=O)CCCCCCCCCCC(C)CC. The van der Waals surface area contributed by atoms with E-state index in [9.17, 15) is 43.2 Å². The van der Waals surface area contributed by atoms with Gasteiger partial charge in [-0.05, 0) is 37.5 Å². The summed E-state index contributed by atoms with van der Waals surface area (Å²) in [7, 11) is -9.88. The van der Waals surface area contributed by atoms with E-state index in [1.54, 1.807) is 0 Å². The maximum atomic E-state index is 12.9. The van der Waals surface area contributed by atoms with E-state index in [2.05, 4.69) is 41.5 Å². The van der Waals surface area contributed by atoms with Crippen LogP contribution in [0.3, 0.4) is 0 Å². The lowest BCUT2D eigenvalue weighted by atomic mass is 9.99. The van der Waals surface area contributed by atoms with E-state index in [0.717, 1.165) is 95.8 Å². The summed E-state index contributed by atoms with van der Waals surface area (Å²) in [6.07, 6.45) is 34.9. The number of unbranched alkanes of at least 4 members (excludes halogenated alkanes) is 29. The van der Waals surface area contributed by atoms with E-state index in [4.69, 9.17) is 37.0 Å². The molecule has 0 saturated heterocycles. The largest absolute Gasteiger partial charge is 0.472 e. The Bertz CT molecular complexity index is 1580. The molecule has 80 heavy (non-hydrogen) atoms. The van der Waals surface area contributed by atoms with Crippen LogP contribution in [0.1, 0.15) is 298 Å². The van der Waals surface area contributed by atoms with E-state index in [-0.39, 0.29) is 25.7 Å². The standard InChI is InChI=1S/C61H118O17P2/c1-7-10-12-14-16-18-20-25-32-38-44-59(64)72-49-56(77-60(65)45-39-33-26-22-21-23-30-36-42-54(6)9-3)51-75-79(67,68)73-47-55(62)48-74-80(69,70)76-52-57(78-61(66)46-40-34-28-27-29-35-41-53(4)5)50-71-58(63)43-37-31-24-19-17-15-13-11-8-2/h53-57,62H,7-52H2,1-6H3,(H,67,68)(H,69,70)/t54?,55-,56-,57-/m1/s1. The molecule has 0 saturated carbocycles. The molecular weight excluding hydrogens is 1070 g/mol. The predicted molar refractivity (Wildman–Crippen MR) is 317 cm³/mol. The summed E-state index contributed by atoms with van der Waals surface area (Å²) in [5.74, 6) is -0.705. The molecule has 0 aliphatic carbocycles. The van der Waals surface area contributed by atoms with Crippen molar-refractivity contribution in [2.24, 2.45) is 11.8 Å². The molecule has 0 aromatic heterocycles. The van der Waals surface area contributed by atoms with Crippen LogP contribution in [0.15, 0.2) is 0 Å². The van der Waals surface area contributed by atoms with E-state index in [0.29, 0.717) is 31.6 Å². The lowest BCUT2D eigenvalue weighted by molar-refractivity contribution is -0.161. The van der Waals surface area contributed by atoms with Gasteiger partial charge in [-0.2, -0.15) is 0 Å². The van der Waals surface area contributed by atoms with Crippen LogP contribution in [0.25, 0.3) is 0 Å². The van der Waals surface area contributed by atoms with Crippen molar-refractivity contribution in [3.63, 3.8) is 0 Å². The lowest BCUT2D eigenvalue weighted by Crippen LogP contribution is -2.30. The Labute approximate surface area is 486 Å². The van der Waals surface area contributed by atoms with Crippen molar-refractivity contribution in [2.45, 2.75) is 317 Å². The third-order valence-corrected chi connectivity index (χ3v) is 16.2. The fourth-order valence-corrected chi connectivity index (χ4v) is 10.5. The topological polar surface area (TPSA) is 237 Å². The van der Waals surface area contributed by atoms with Gasteiger partial charge in [-0.3, -0.25) is 37.3 Å². The fraction of sp³-hybridized carbons (Fsp3) is 0.934. The van der Waals surface area contributed by atoms with Crippen molar-refractivity contribution in [3.05, 3.63) is 0 Å². The van der Waals surface area contributed by atoms with Crippen LogP contribution in [-0.2, 0) is 65.4 Å². The van der Waals surface area contributed by atoms with Crippen molar-refractivity contribution in [3.8, 4) is 0 Å². The molecule has 0 heterocycles. The highest BCUT2D eigenvalue weighted by molar-refractivity contribution is 7.47. The molecule has 19 heteroatoms. The predicted octanol–water partition coefficient (Wildman–Crippen LogP) is 16.5. The zero-order chi connectivity index (χ0) is 59.4. The van der Waals surface area contributed by atoms with Gasteiger partial charge in [0, 0.05) is 25.7 Å². The number of carbonyl (C=O) groups is 4. The molecule has 0 spiro atoms. The number of phosphoric ester groups is 2. The third kappa shape index (κ3) is 54.0. The number of aliphatic hydroxyl groups is 1. The van der Waals surface area contributed by atoms with Crippen LogP contribution >= 0.6 is 15.6 Å². The normalized spacial score (nSPS) is 14.7. The highest BCUT2D eigenvalue weighted by atomic mass is 31.2. The average molecular weight is 1190 g/mol. The number of hydrogen-bond donors (Lipinski definition) is 3. The Hall–Kier alpha value is -1.94. The smallest absolute Gasteiger partial charge is 0.462 e. The van der Waals surface area contributed by atoms with Gasteiger partial charge in [0.15, 0.2) is 12.2 Å². The summed E-state index contributed by atoms with van der Waals surface area (Å²) in [5.41, 5.74) is 0. The molecule has 0 aromatic rings. The molecule has 0 aromatic carbocycles. The molecule has 3 N–H and O–H groups in total. The number of hydrogen-bond acceptors (Lipinski definition) is 15. The van der Waals surface area contributed by atoms with Gasteiger partial charge in [-0.1, -0.05) is 247 Å². The summed E-state index contributed by atoms with van der Waals surface area (Å²) in [6.45, 7) is 9.35. The van der Waals surface area contributed by atoms with Crippen molar-refractivity contribution >= 4 is 39.5 Å². The molecule has 0 rings (SSSR count). The van der Waals surface area contributed by atoms with Crippen molar-refractivity contribution in [1.82, 2.24) is 0 Å². The van der Waals surface area contributed by atoms with Gasteiger partial charge in [0.05, 0.1) is 26.4 Å². The summed E-state index contributed by atoms with van der Waals surface area (Å²) >= 11 is 0. The van der Waals surface area contributed by atoms with Gasteiger partial charge in [-0.25, -0.2) is 9.13 Å². The number of ether oxygens (including phenoxy) is 4. The van der Waals surface area contributed by atoms with E-state index in [1.165, 1.54) is 116 Å². The number of rotatable bonds is 60. The maximum absolute atomic E-state index is 12.9. The molecule has 6 atom stereocenters. The molecule has 0 radical (unpaired) electrons. The van der Waals surface area contributed by atoms with E-state index < -0.39 is 97.5 Å². The molecular formula is C61H118O17P2. The zero-order valence-electron chi connectivity index (χ0n) is 51.4. The highest BCUT2D eigenvalue weighted by Crippen LogP contribution is 2.45. The van der Waals surface area contributed by atoms with Crippen molar-refractivity contribution in [1.29, 1.82) is 0 Å². The summed E-state index contributed by atoms with van der Waals surface area (Å²) in [5, 5.41) is 10.5. The van der Waals surface area contributed by atoms with Crippen LogP contribution in [0, 0.1) is 11.8 Å². The Kier molecular flexibility index (Phi) is 52.5. The zero-order valence-corrected chi connectivity index (χ0v) is 53.2. The van der Waals surface area contributed by atoms with Gasteiger partial charge >= 0.3 is 39.5 Å². The fourth-order valence-electron chi connectivity index (χ4n) is 8.97. The van der Waals surface area contributed by atoms with Gasteiger partial charge in [-0.15, -0.1) is 0 Å². The first-order chi connectivity index (χ1) is 38.4. The third-order valence-electron chi connectivity index (χ3n) is 14.3. The second-order valence-corrected chi connectivity index (χ2v) is 25.7. The minimum absolute atomic E-state index is 0.102. The van der Waals surface area contributed by atoms with Gasteiger partial charge in [0.1, 0.15) is 19.3 Å². The Morgan fingerprint density at radius 3 is 0.950 bits per heavy atom.